The Labute approximate surface area is 91.7 Å². The van der Waals surface area contributed by atoms with E-state index in [4.69, 9.17) is 10.2 Å². The molecule has 1 heterocycles. The predicted molar refractivity (Wildman–Crippen MR) is 53.8 cm³/mol. The predicted octanol–water partition coefficient (Wildman–Crippen LogP) is -1.01. The van der Waals surface area contributed by atoms with Crippen LogP contribution in [0.1, 0.15) is 16.9 Å². The first-order valence-electron chi connectivity index (χ1n) is 4.67. The number of hydrogen-bond donors (Lipinski definition) is 3. The van der Waals surface area contributed by atoms with Crippen LogP contribution in [-0.4, -0.2) is 44.3 Å². The summed E-state index contributed by atoms with van der Waals surface area (Å²) in [5.74, 6) is -1.70. The highest BCUT2D eigenvalue weighted by molar-refractivity contribution is 5.95. The lowest BCUT2D eigenvalue weighted by molar-refractivity contribution is -0.139. The number of nitrogens with one attached hydrogen (secondary N) is 1. The molecule has 0 radical (unpaired) electrons. The molecular formula is C9H13N3O4. The fourth-order valence-corrected chi connectivity index (χ4v) is 1.19. The fraction of sp³-hybridized carbons (Fsp3) is 0.444. The van der Waals surface area contributed by atoms with Crippen LogP contribution in [0, 0.1) is 0 Å². The van der Waals surface area contributed by atoms with Gasteiger partial charge in [0.05, 0.1) is 12.5 Å². The maximum absolute atomic E-state index is 11.6. The van der Waals surface area contributed by atoms with Gasteiger partial charge in [0.2, 0.25) is 0 Å². The Morgan fingerprint density at radius 1 is 1.62 bits per heavy atom. The SMILES string of the molecule is Cn1cncc1C(=O)N[C@H](CCO)C(=O)O. The van der Waals surface area contributed by atoms with Gasteiger partial charge < -0.3 is 20.1 Å². The highest BCUT2D eigenvalue weighted by Gasteiger charge is 2.21. The molecule has 0 unspecified atom stereocenters. The molecule has 0 spiro atoms. The summed E-state index contributed by atoms with van der Waals surface area (Å²) in [7, 11) is 1.63. The quantitative estimate of drug-likeness (QED) is 0.597. The number of carboxylic acid groups (broad SMARTS) is 1. The summed E-state index contributed by atoms with van der Waals surface area (Å²) in [6, 6.07) is -1.09. The monoisotopic (exact) mass is 227 g/mol. The summed E-state index contributed by atoms with van der Waals surface area (Å²) in [6.07, 6.45) is 2.75. The van der Waals surface area contributed by atoms with E-state index >= 15 is 0 Å². The third-order valence-corrected chi connectivity index (χ3v) is 2.07. The zero-order chi connectivity index (χ0) is 12.1. The highest BCUT2D eigenvalue weighted by atomic mass is 16.4. The molecule has 0 saturated carbocycles. The molecule has 0 aliphatic rings. The van der Waals surface area contributed by atoms with Gasteiger partial charge in [-0.15, -0.1) is 0 Å². The third kappa shape index (κ3) is 2.80. The highest BCUT2D eigenvalue weighted by Crippen LogP contribution is 1.99. The lowest BCUT2D eigenvalue weighted by Crippen LogP contribution is -2.41. The first kappa shape index (κ1) is 12.2. The fourth-order valence-electron chi connectivity index (χ4n) is 1.19. The number of carbonyl (C=O) groups excluding carboxylic acids is 1. The van der Waals surface area contributed by atoms with Gasteiger partial charge in [0.15, 0.2) is 0 Å². The molecule has 0 saturated heterocycles. The Hall–Kier alpha value is -1.89. The second kappa shape index (κ2) is 5.26. The molecule has 1 amide bonds. The Kier molecular flexibility index (Phi) is 4.01. The van der Waals surface area contributed by atoms with Crippen molar-refractivity contribution in [2.75, 3.05) is 6.61 Å². The Bertz CT molecular complexity index is 388. The molecule has 7 nitrogen and oxygen atoms in total. The van der Waals surface area contributed by atoms with Gasteiger partial charge in [0.25, 0.3) is 5.91 Å². The Balaban J connectivity index is 2.69. The molecule has 0 aliphatic carbocycles. The summed E-state index contributed by atoms with van der Waals surface area (Å²) >= 11 is 0. The molecular weight excluding hydrogens is 214 g/mol. The van der Waals surface area contributed by atoms with Crippen molar-refractivity contribution in [1.29, 1.82) is 0 Å². The van der Waals surface area contributed by atoms with Crippen LogP contribution in [0.4, 0.5) is 0 Å². The van der Waals surface area contributed by atoms with Gasteiger partial charge in [-0.25, -0.2) is 9.78 Å². The van der Waals surface area contributed by atoms with Crippen molar-refractivity contribution < 1.29 is 19.8 Å². The second-order valence-corrected chi connectivity index (χ2v) is 3.27. The van der Waals surface area contributed by atoms with Gasteiger partial charge in [-0.3, -0.25) is 4.79 Å². The molecule has 0 aliphatic heterocycles. The number of aliphatic hydroxyl groups is 1. The van der Waals surface area contributed by atoms with Crippen molar-refractivity contribution in [3.8, 4) is 0 Å². The average molecular weight is 227 g/mol. The van der Waals surface area contributed by atoms with Crippen LogP contribution in [0.5, 0.6) is 0 Å². The van der Waals surface area contributed by atoms with E-state index in [9.17, 15) is 9.59 Å². The number of carboxylic acids is 1. The number of nitrogens with zero attached hydrogens (tertiary/aromatic N) is 2. The number of amides is 1. The summed E-state index contributed by atoms with van der Waals surface area (Å²) in [5, 5.41) is 19.7. The molecule has 88 valence electrons. The van der Waals surface area contributed by atoms with Crippen molar-refractivity contribution in [2.45, 2.75) is 12.5 Å². The van der Waals surface area contributed by atoms with Crippen LogP contribution in [0.25, 0.3) is 0 Å². The molecule has 0 fully saturated rings. The average Bonchev–Trinajstić information content (AvgIpc) is 2.63. The molecule has 7 heteroatoms. The molecule has 3 N–H and O–H groups in total. The van der Waals surface area contributed by atoms with Crippen molar-refractivity contribution in [3.05, 3.63) is 18.2 Å². The Morgan fingerprint density at radius 2 is 2.31 bits per heavy atom. The van der Waals surface area contributed by atoms with Crippen LogP contribution in [0.15, 0.2) is 12.5 Å². The summed E-state index contributed by atoms with van der Waals surface area (Å²) in [4.78, 5) is 26.1. The van der Waals surface area contributed by atoms with Crippen LogP contribution >= 0.6 is 0 Å². The Morgan fingerprint density at radius 3 is 2.75 bits per heavy atom. The molecule has 1 atom stereocenters. The van der Waals surface area contributed by atoms with E-state index in [0.29, 0.717) is 0 Å². The lowest BCUT2D eigenvalue weighted by Gasteiger charge is -2.12. The topological polar surface area (TPSA) is 104 Å². The van der Waals surface area contributed by atoms with Gasteiger partial charge in [0, 0.05) is 20.1 Å². The van der Waals surface area contributed by atoms with Crippen LogP contribution in [0.3, 0.4) is 0 Å². The minimum atomic E-state index is -1.18. The van der Waals surface area contributed by atoms with Gasteiger partial charge in [-0.1, -0.05) is 0 Å². The van der Waals surface area contributed by atoms with Gasteiger partial charge in [0.1, 0.15) is 11.7 Å². The minimum Gasteiger partial charge on any atom is -0.480 e. The van der Waals surface area contributed by atoms with E-state index in [0.717, 1.165) is 0 Å². The maximum Gasteiger partial charge on any atom is 0.326 e. The van der Waals surface area contributed by atoms with Crippen molar-refractivity contribution in [2.24, 2.45) is 7.05 Å². The third-order valence-electron chi connectivity index (χ3n) is 2.07. The van der Waals surface area contributed by atoms with E-state index in [1.54, 1.807) is 7.05 Å². The summed E-state index contributed by atoms with van der Waals surface area (Å²) in [6.45, 7) is -0.303. The summed E-state index contributed by atoms with van der Waals surface area (Å²) < 4.78 is 1.48. The summed E-state index contributed by atoms with van der Waals surface area (Å²) in [5.41, 5.74) is 0.268. The van der Waals surface area contributed by atoms with E-state index in [2.05, 4.69) is 10.3 Å². The van der Waals surface area contributed by atoms with E-state index in [1.165, 1.54) is 17.1 Å². The maximum atomic E-state index is 11.6. The van der Waals surface area contributed by atoms with E-state index in [1.807, 2.05) is 0 Å². The number of aliphatic carboxylic acids is 1. The zero-order valence-electron chi connectivity index (χ0n) is 8.75. The number of imidazole rings is 1. The molecule has 16 heavy (non-hydrogen) atoms. The number of hydrogen-bond acceptors (Lipinski definition) is 4. The molecule has 0 bridgehead atoms. The van der Waals surface area contributed by atoms with Crippen molar-refractivity contribution >= 4 is 11.9 Å². The zero-order valence-corrected chi connectivity index (χ0v) is 8.75. The number of aromatic nitrogens is 2. The van der Waals surface area contributed by atoms with Crippen LogP contribution < -0.4 is 5.32 Å². The molecule has 1 aromatic rings. The van der Waals surface area contributed by atoms with E-state index < -0.39 is 17.9 Å². The van der Waals surface area contributed by atoms with E-state index in [-0.39, 0.29) is 18.7 Å². The van der Waals surface area contributed by atoms with Crippen molar-refractivity contribution in [3.63, 3.8) is 0 Å². The van der Waals surface area contributed by atoms with Gasteiger partial charge in [-0.05, 0) is 0 Å². The first-order chi connectivity index (χ1) is 7.56. The first-order valence-corrected chi connectivity index (χ1v) is 4.67. The number of carbonyl (C=O) groups is 2. The molecule has 1 aromatic heterocycles. The van der Waals surface area contributed by atoms with Crippen LogP contribution in [0.2, 0.25) is 0 Å². The van der Waals surface area contributed by atoms with Gasteiger partial charge in [-0.2, -0.15) is 0 Å². The minimum absolute atomic E-state index is 0.0288. The smallest absolute Gasteiger partial charge is 0.326 e. The number of aryl methyl sites for hydroxylation is 1. The standard InChI is InChI=1S/C9H13N3O4/c1-12-5-10-4-7(12)8(14)11-6(2-3-13)9(15)16/h4-6,13H,2-3H2,1H3,(H,11,14)(H,15,16)/t6-/m1/s1. The lowest BCUT2D eigenvalue weighted by atomic mass is 10.2. The second-order valence-electron chi connectivity index (χ2n) is 3.27. The number of aliphatic hydroxyl groups excluding tert-OH is 1. The molecule has 0 aromatic carbocycles. The number of rotatable bonds is 5. The largest absolute Gasteiger partial charge is 0.480 e. The van der Waals surface area contributed by atoms with Crippen LogP contribution in [-0.2, 0) is 11.8 Å². The van der Waals surface area contributed by atoms with Crippen molar-refractivity contribution in [1.82, 2.24) is 14.9 Å². The van der Waals surface area contributed by atoms with Gasteiger partial charge >= 0.3 is 5.97 Å². The molecule has 1 rings (SSSR count). The normalized spacial score (nSPS) is 12.1.